The van der Waals surface area contributed by atoms with Crippen molar-refractivity contribution in [3.8, 4) is 11.5 Å². The minimum Gasteiger partial charge on any atom is -0.491 e. The van der Waals surface area contributed by atoms with E-state index in [0.717, 1.165) is 16.8 Å². The largest absolute Gasteiger partial charge is 0.491 e. The number of hydrogen-bond donors (Lipinski definition) is 3. The van der Waals surface area contributed by atoms with E-state index in [4.69, 9.17) is 15.2 Å². The Bertz CT molecular complexity index is 1980. The molecule has 3 aromatic heterocycles. The minimum atomic E-state index is -0.628. The average Bonchev–Trinajstić information content (AvgIpc) is 3.66. The van der Waals surface area contributed by atoms with Gasteiger partial charge >= 0.3 is 0 Å². The van der Waals surface area contributed by atoms with Crippen LogP contribution in [0.5, 0.6) is 11.5 Å². The van der Waals surface area contributed by atoms with Gasteiger partial charge in [-0.3, -0.25) is 29.7 Å². The van der Waals surface area contributed by atoms with Crippen molar-refractivity contribution in [3.63, 3.8) is 0 Å². The highest BCUT2D eigenvalue weighted by molar-refractivity contribution is 6.04. The van der Waals surface area contributed by atoms with Crippen molar-refractivity contribution >= 4 is 52.2 Å². The molecule has 14 heteroatoms. The molecule has 2 aromatic carbocycles. The lowest BCUT2D eigenvalue weighted by Crippen LogP contribution is -2.20. The van der Waals surface area contributed by atoms with Gasteiger partial charge in [-0.05, 0) is 56.7 Å². The molecule has 1 aliphatic heterocycles. The molecule has 3 amide bonds. The molecule has 0 radical (unpaired) electrons. The van der Waals surface area contributed by atoms with Crippen LogP contribution in [0.1, 0.15) is 45.4 Å². The Kier molecular flexibility index (Phi) is 7.94. The standard InChI is InChI=1S/C31H33N9O5/c1-4-40-23(14-19(3)37-40)29(43)36-31-35-22-15-20(28(32)42)16-25-27(22)39(31)9-6-5-8-38-26-21(34-30(38)33-17-41)12-18(2)13-24(26)44-10-7-11-45-25/h5-6,12-17H,4,7-11H2,1-3H3,(H2,32,42)(H,33,34,41)(H,35,36,43)/b6-5+. The summed E-state index contributed by atoms with van der Waals surface area (Å²) >= 11 is 0. The molecule has 0 saturated carbocycles. The number of primary amides is 1. The lowest BCUT2D eigenvalue weighted by Gasteiger charge is -2.13. The summed E-state index contributed by atoms with van der Waals surface area (Å²) in [5.41, 5.74) is 10.4. The summed E-state index contributed by atoms with van der Waals surface area (Å²) in [6.45, 7) is 7.45. The van der Waals surface area contributed by atoms with E-state index in [2.05, 4.69) is 25.7 Å². The second-order valence-electron chi connectivity index (χ2n) is 10.7. The number of aryl methyl sites for hydroxylation is 3. The third-order valence-electron chi connectivity index (χ3n) is 7.44. The number of benzene rings is 2. The molecule has 0 fully saturated rings. The Morgan fingerprint density at radius 3 is 2.24 bits per heavy atom. The van der Waals surface area contributed by atoms with Gasteiger partial charge in [0.05, 0.1) is 29.9 Å². The number of rotatable bonds is 6. The highest BCUT2D eigenvalue weighted by Gasteiger charge is 2.22. The molecule has 0 saturated heterocycles. The number of ether oxygens (including phenoxy) is 2. The Morgan fingerprint density at radius 1 is 0.933 bits per heavy atom. The van der Waals surface area contributed by atoms with E-state index in [9.17, 15) is 14.4 Å². The van der Waals surface area contributed by atoms with Crippen LogP contribution in [0.25, 0.3) is 22.1 Å². The first-order valence-electron chi connectivity index (χ1n) is 14.6. The highest BCUT2D eigenvalue weighted by Crippen LogP contribution is 2.33. The first-order valence-corrected chi connectivity index (χ1v) is 14.6. The molecule has 0 spiro atoms. The van der Waals surface area contributed by atoms with Crippen LogP contribution in [0.2, 0.25) is 0 Å². The van der Waals surface area contributed by atoms with Crippen molar-refractivity contribution < 1.29 is 23.9 Å². The number of amides is 3. The van der Waals surface area contributed by atoms with Gasteiger partial charge in [-0.15, -0.1) is 0 Å². The van der Waals surface area contributed by atoms with Crippen molar-refractivity contribution in [1.29, 1.82) is 0 Å². The Morgan fingerprint density at radius 2 is 1.58 bits per heavy atom. The number of carbonyl (C=O) groups is 3. The minimum absolute atomic E-state index is 0.230. The van der Waals surface area contributed by atoms with E-state index in [1.165, 1.54) is 0 Å². The van der Waals surface area contributed by atoms with Gasteiger partial charge in [-0.1, -0.05) is 12.2 Å². The van der Waals surface area contributed by atoms with Gasteiger partial charge in [0.15, 0.2) is 0 Å². The topological polar surface area (TPSA) is 173 Å². The van der Waals surface area contributed by atoms with Gasteiger partial charge in [0.2, 0.25) is 24.2 Å². The zero-order chi connectivity index (χ0) is 31.7. The van der Waals surface area contributed by atoms with Gasteiger partial charge in [0.25, 0.3) is 5.91 Å². The summed E-state index contributed by atoms with van der Waals surface area (Å²) in [7, 11) is 0. The third-order valence-corrected chi connectivity index (χ3v) is 7.44. The van der Waals surface area contributed by atoms with Crippen molar-refractivity contribution in [2.24, 2.45) is 5.73 Å². The number of imidazole rings is 2. The van der Waals surface area contributed by atoms with Crippen molar-refractivity contribution in [1.82, 2.24) is 28.9 Å². The molecule has 0 unspecified atom stereocenters. The van der Waals surface area contributed by atoms with E-state index in [0.29, 0.717) is 72.2 Å². The first-order chi connectivity index (χ1) is 21.8. The molecule has 0 bridgehead atoms. The first kappa shape index (κ1) is 29.4. The van der Waals surface area contributed by atoms with E-state index in [-0.39, 0.29) is 30.6 Å². The normalized spacial score (nSPS) is 14.2. The van der Waals surface area contributed by atoms with Crippen LogP contribution in [0.4, 0.5) is 11.9 Å². The van der Waals surface area contributed by atoms with Crippen LogP contribution in [-0.2, 0) is 24.4 Å². The Balaban J connectivity index is 1.44. The van der Waals surface area contributed by atoms with Crippen molar-refractivity contribution in [2.75, 3.05) is 23.8 Å². The summed E-state index contributed by atoms with van der Waals surface area (Å²) in [4.78, 5) is 46.4. The Hall–Kier alpha value is -5.66. The van der Waals surface area contributed by atoms with Crippen LogP contribution in [0, 0.1) is 13.8 Å². The summed E-state index contributed by atoms with van der Waals surface area (Å²) < 4.78 is 17.7. The molecule has 45 heavy (non-hydrogen) atoms. The zero-order valence-electron chi connectivity index (χ0n) is 25.2. The number of aromatic nitrogens is 6. The van der Waals surface area contributed by atoms with Gasteiger partial charge < -0.3 is 24.3 Å². The fraction of sp³-hybridized carbons (Fsp3) is 0.290. The summed E-state index contributed by atoms with van der Waals surface area (Å²) in [5.74, 6) is 0.679. The van der Waals surface area contributed by atoms with Gasteiger partial charge in [0.1, 0.15) is 28.2 Å². The molecule has 5 aromatic rings. The number of nitrogens with one attached hydrogen (secondary N) is 2. The molecule has 6 rings (SSSR count). The predicted molar refractivity (Wildman–Crippen MR) is 168 cm³/mol. The molecule has 0 atom stereocenters. The second-order valence-corrected chi connectivity index (χ2v) is 10.7. The summed E-state index contributed by atoms with van der Waals surface area (Å²) in [6, 6.07) is 8.76. The number of allylic oxidation sites excluding steroid dienone is 2. The molecule has 4 N–H and O–H groups in total. The van der Waals surface area contributed by atoms with Crippen LogP contribution in [0.15, 0.2) is 42.5 Å². The molecule has 232 valence electrons. The van der Waals surface area contributed by atoms with E-state index in [1.807, 2.05) is 54.2 Å². The number of nitrogens with zero attached hydrogens (tertiary/aromatic N) is 6. The predicted octanol–water partition coefficient (Wildman–Crippen LogP) is 3.56. The van der Waals surface area contributed by atoms with Crippen molar-refractivity contribution in [3.05, 3.63) is 65.0 Å². The van der Waals surface area contributed by atoms with Crippen molar-refractivity contribution in [2.45, 2.75) is 46.8 Å². The number of nitrogens with two attached hydrogens (primary N) is 1. The summed E-state index contributed by atoms with van der Waals surface area (Å²) in [6.07, 6.45) is 4.94. The zero-order valence-corrected chi connectivity index (χ0v) is 25.2. The monoisotopic (exact) mass is 611 g/mol. The second kappa shape index (κ2) is 12.1. The quantitative estimate of drug-likeness (QED) is 0.193. The highest BCUT2D eigenvalue weighted by atomic mass is 16.5. The van der Waals surface area contributed by atoms with Crippen LogP contribution >= 0.6 is 0 Å². The Labute approximate surface area is 257 Å². The van der Waals surface area contributed by atoms with Crippen LogP contribution in [-0.4, -0.2) is 60.3 Å². The fourth-order valence-electron chi connectivity index (χ4n) is 5.49. The van der Waals surface area contributed by atoms with Crippen LogP contribution < -0.4 is 25.8 Å². The SMILES string of the molecule is CCn1nc(C)cc1C(=O)Nc1nc2cc(C(N)=O)cc3c2n1C/C=C/Cn1c(NC=O)nc2cc(C)cc(c21)OCCCO3. The van der Waals surface area contributed by atoms with E-state index >= 15 is 0 Å². The maximum atomic E-state index is 13.4. The molecule has 0 aliphatic carbocycles. The summed E-state index contributed by atoms with van der Waals surface area (Å²) in [5, 5.41) is 10.0. The number of anilines is 2. The molecule has 1 aliphatic rings. The lowest BCUT2D eigenvalue weighted by molar-refractivity contribution is -0.105. The average molecular weight is 612 g/mol. The fourth-order valence-corrected chi connectivity index (χ4v) is 5.49. The van der Waals surface area contributed by atoms with Gasteiger partial charge in [0, 0.05) is 31.6 Å². The molecular weight excluding hydrogens is 578 g/mol. The maximum Gasteiger partial charge on any atom is 0.276 e. The number of carbonyl (C=O) groups excluding carboxylic acids is 3. The van der Waals surface area contributed by atoms with E-state index < -0.39 is 5.91 Å². The molecule has 4 heterocycles. The number of hydrogen-bond acceptors (Lipinski definition) is 8. The maximum absolute atomic E-state index is 13.4. The lowest BCUT2D eigenvalue weighted by atomic mass is 10.1. The smallest absolute Gasteiger partial charge is 0.276 e. The third kappa shape index (κ3) is 5.69. The van der Waals surface area contributed by atoms with Gasteiger partial charge in [-0.2, -0.15) is 5.10 Å². The molecule has 14 nitrogen and oxygen atoms in total. The van der Waals surface area contributed by atoms with Gasteiger partial charge in [-0.25, -0.2) is 9.97 Å². The van der Waals surface area contributed by atoms with Crippen LogP contribution in [0.3, 0.4) is 0 Å². The van der Waals surface area contributed by atoms with E-state index in [1.54, 1.807) is 22.9 Å². The molecular formula is C31H33N9O5.